The van der Waals surface area contributed by atoms with Gasteiger partial charge in [0.15, 0.2) is 0 Å². The van der Waals surface area contributed by atoms with Gasteiger partial charge >= 0.3 is 0 Å². The standard InChI is InChI=1S/C8H16N2O2/c9-5-8(12)10-3-1-7(6-10)2-4-11/h7,11H,1-6,9H2. The summed E-state index contributed by atoms with van der Waals surface area (Å²) in [6, 6.07) is 0. The Balaban J connectivity index is 2.30. The smallest absolute Gasteiger partial charge is 0.236 e. The van der Waals surface area contributed by atoms with Crippen LogP contribution < -0.4 is 5.73 Å². The molecule has 0 aromatic rings. The third kappa shape index (κ3) is 2.19. The van der Waals surface area contributed by atoms with Crippen LogP contribution in [0.2, 0.25) is 0 Å². The maximum absolute atomic E-state index is 11.1. The van der Waals surface area contributed by atoms with E-state index in [4.69, 9.17) is 10.8 Å². The molecule has 0 bridgehead atoms. The largest absolute Gasteiger partial charge is 0.396 e. The fourth-order valence-electron chi connectivity index (χ4n) is 1.61. The number of likely N-dealkylation sites (tertiary alicyclic amines) is 1. The summed E-state index contributed by atoms with van der Waals surface area (Å²) in [6.07, 6.45) is 1.81. The quantitative estimate of drug-likeness (QED) is 0.584. The van der Waals surface area contributed by atoms with E-state index in [-0.39, 0.29) is 19.1 Å². The van der Waals surface area contributed by atoms with Crippen molar-refractivity contribution in [2.24, 2.45) is 11.7 Å². The molecule has 1 amide bonds. The molecule has 1 aliphatic rings. The zero-order valence-electron chi connectivity index (χ0n) is 7.20. The molecule has 0 aromatic carbocycles. The van der Waals surface area contributed by atoms with Crippen LogP contribution in [0.25, 0.3) is 0 Å². The number of aliphatic hydroxyl groups is 1. The Morgan fingerprint density at radius 2 is 2.42 bits per heavy atom. The van der Waals surface area contributed by atoms with Gasteiger partial charge in [-0.15, -0.1) is 0 Å². The van der Waals surface area contributed by atoms with E-state index in [1.54, 1.807) is 4.90 Å². The Hall–Kier alpha value is -0.610. The van der Waals surface area contributed by atoms with E-state index in [0.717, 1.165) is 25.9 Å². The van der Waals surface area contributed by atoms with Crippen LogP contribution in [0.4, 0.5) is 0 Å². The van der Waals surface area contributed by atoms with Gasteiger partial charge < -0.3 is 15.7 Å². The molecule has 0 aromatic heterocycles. The van der Waals surface area contributed by atoms with E-state index >= 15 is 0 Å². The van der Waals surface area contributed by atoms with Gasteiger partial charge in [-0.25, -0.2) is 0 Å². The minimum atomic E-state index is 0.0236. The summed E-state index contributed by atoms with van der Waals surface area (Å²) < 4.78 is 0. The molecule has 3 N–H and O–H groups in total. The second kappa shape index (κ2) is 4.42. The number of nitrogens with two attached hydrogens (primary N) is 1. The van der Waals surface area contributed by atoms with Crippen molar-refractivity contribution in [3.05, 3.63) is 0 Å². The molecule has 4 nitrogen and oxygen atoms in total. The molecule has 1 heterocycles. The predicted octanol–water partition coefficient (Wildman–Crippen LogP) is -0.824. The molecular formula is C8H16N2O2. The van der Waals surface area contributed by atoms with Gasteiger partial charge in [0.1, 0.15) is 0 Å². The number of carbonyl (C=O) groups is 1. The molecular weight excluding hydrogens is 156 g/mol. The summed E-state index contributed by atoms with van der Waals surface area (Å²) in [5.41, 5.74) is 5.23. The summed E-state index contributed by atoms with van der Waals surface area (Å²) in [5.74, 6) is 0.501. The third-order valence-corrected chi connectivity index (χ3v) is 2.35. The lowest BCUT2D eigenvalue weighted by Crippen LogP contribution is -2.34. The highest BCUT2D eigenvalue weighted by molar-refractivity contribution is 5.78. The molecule has 0 radical (unpaired) electrons. The fraction of sp³-hybridized carbons (Fsp3) is 0.875. The van der Waals surface area contributed by atoms with Crippen molar-refractivity contribution in [1.29, 1.82) is 0 Å². The fourth-order valence-corrected chi connectivity index (χ4v) is 1.61. The van der Waals surface area contributed by atoms with Gasteiger partial charge in [-0.3, -0.25) is 4.79 Å². The van der Waals surface area contributed by atoms with Gasteiger partial charge in [-0.05, 0) is 18.8 Å². The van der Waals surface area contributed by atoms with Crippen molar-refractivity contribution >= 4 is 5.91 Å². The highest BCUT2D eigenvalue weighted by atomic mass is 16.3. The van der Waals surface area contributed by atoms with Crippen LogP contribution >= 0.6 is 0 Å². The van der Waals surface area contributed by atoms with Gasteiger partial charge in [0, 0.05) is 19.7 Å². The maximum atomic E-state index is 11.1. The Morgan fingerprint density at radius 1 is 1.67 bits per heavy atom. The van der Waals surface area contributed by atoms with Crippen molar-refractivity contribution in [2.45, 2.75) is 12.8 Å². The second-order valence-electron chi connectivity index (χ2n) is 3.21. The zero-order valence-corrected chi connectivity index (χ0v) is 7.20. The van der Waals surface area contributed by atoms with Gasteiger partial charge in [0.25, 0.3) is 0 Å². The number of amides is 1. The third-order valence-electron chi connectivity index (χ3n) is 2.35. The first-order chi connectivity index (χ1) is 5.77. The lowest BCUT2D eigenvalue weighted by atomic mass is 10.1. The first-order valence-corrected chi connectivity index (χ1v) is 4.36. The molecule has 1 aliphatic heterocycles. The van der Waals surface area contributed by atoms with Crippen LogP contribution in [0.1, 0.15) is 12.8 Å². The molecule has 1 unspecified atom stereocenters. The van der Waals surface area contributed by atoms with Crippen LogP contribution in [-0.2, 0) is 4.79 Å². The number of hydrogen-bond acceptors (Lipinski definition) is 3. The molecule has 0 spiro atoms. The lowest BCUT2D eigenvalue weighted by molar-refractivity contribution is -0.128. The van der Waals surface area contributed by atoms with Crippen LogP contribution in [0, 0.1) is 5.92 Å². The first-order valence-electron chi connectivity index (χ1n) is 4.36. The van der Waals surface area contributed by atoms with Crippen LogP contribution in [0.15, 0.2) is 0 Å². The van der Waals surface area contributed by atoms with Crippen LogP contribution in [0.5, 0.6) is 0 Å². The molecule has 1 saturated heterocycles. The number of rotatable bonds is 3. The molecule has 1 fully saturated rings. The molecule has 0 aliphatic carbocycles. The van der Waals surface area contributed by atoms with Crippen molar-refractivity contribution in [3.8, 4) is 0 Å². The molecule has 1 rings (SSSR count). The second-order valence-corrected chi connectivity index (χ2v) is 3.21. The van der Waals surface area contributed by atoms with Gasteiger partial charge in [-0.2, -0.15) is 0 Å². The topological polar surface area (TPSA) is 66.6 Å². The van der Waals surface area contributed by atoms with Crippen molar-refractivity contribution in [3.63, 3.8) is 0 Å². The van der Waals surface area contributed by atoms with Crippen LogP contribution in [-0.4, -0.2) is 42.2 Å². The average molecular weight is 172 g/mol. The molecule has 12 heavy (non-hydrogen) atoms. The summed E-state index contributed by atoms with van der Waals surface area (Å²) in [6.45, 7) is 1.90. The number of nitrogens with zero attached hydrogens (tertiary/aromatic N) is 1. The predicted molar refractivity (Wildman–Crippen MR) is 45.4 cm³/mol. The van der Waals surface area contributed by atoms with E-state index in [0.29, 0.717) is 5.92 Å². The zero-order chi connectivity index (χ0) is 8.97. The van der Waals surface area contributed by atoms with E-state index in [1.807, 2.05) is 0 Å². The Kier molecular flexibility index (Phi) is 3.49. The van der Waals surface area contributed by atoms with Crippen LogP contribution in [0.3, 0.4) is 0 Å². The number of hydrogen-bond donors (Lipinski definition) is 2. The summed E-state index contributed by atoms with van der Waals surface area (Å²) in [4.78, 5) is 12.9. The SMILES string of the molecule is NCC(=O)N1CCC(CCO)C1. The van der Waals surface area contributed by atoms with Crippen molar-refractivity contribution in [2.75, 3.05) is 26.2 Å². The first kappa shape index (κ1) is 9.48. The normalized spacial score (nSPS) is 23.2. The lowest BCUT2D eigenvalue weighted by Gasteiger charge is -2.14. The molecule has 0 saturated carbocycles. The van der Waals surface area contributed by atoms with Crippen molar-refractivity contribution in [1.82, 2.24) is 4.90 Å². The molecule has 1 atom stereocenters. The monoisotopic (exact) mass is 172 g/mol. The van der Waals surface area contributed by atoms with E-state index in [2.05, 4.69) is 0 Å². The van der Waals surface area contributed by atoms with Gasteiger partial charge in [0.2, 0.25) is 5.91 Å². The summed E-state index contributed by atoms with van der Waals surface area (Å²) in [7, 11) is 0. The minimum absolute atomic E-state index is 0.0236. The van der Waals surface area contributed by atoms with E-state index in [1.165, 1.54) is 0 Å². The van der Waals surface area contributed by atoms with Crippen molar-refractivity contribution < 1.29 is 9.90 Å². The summed E-state index contributed by atoms with van der Waals surface area (Å²) >= 11 is 0. The maximum Gasteiger partial charge on any atom is 0.236 e. The van der Waals surface area contributed by atoms with E-state index in [9.17, 15) is 4.79 Å². The highest BCUT2D eigenvalue weighted by Gasteiger charge is 2.24. The van der Waals surface area contributed by atoms with Gasteiger partial charge in [-0.1, -0.05) is 0 Å². The summed E-state index contributed by atoms with van der Waals surface area (Å²) in [5, 5.41) is 8.68. The Bertz CT molecular complexity index is 161. The highest BCUT2D eigenvalue weighted by Crippen LogP contribution is 2.18. The number of aliphatic hydroxyl groups excluding tert-OH is 1. The Labute approximate surface area is 72.3 Å². The molecule has 70 valence electrons. The van der Waals surface area contributed by atoms with Gasteiger partial charge in [0.05, 0.1) is 6.54 Å². The number of carbonyl (C=O) groups excluding carboxylic acids is 1. The molecule has 4 heteroatoms. The van der Waals surface area contributed by atoms with E-state index < -0.39 is 0 Å². The average Bonchev–Trinajstić information content (AvgIpc) is 2.52. The Morgan fingerprint density at radius 3 is 3.00 bits per heavy atom. The minimum Gasteiger partial charge on any atom is -0.396 e.